The van der Waals surface area contributed by atoms with E-state index in [4.69, 9.17) is 25.8 Å². The van der Waals surface area contributed by atoms with Crippen LogP contribution in [0.1, 0.15) is 12.0 Å². The molecule has 10 nitrogen and oxygen atoms in total. The SMILES string of the molecule is O[C@@H]1CO[C@H]2[C@@H]1OC[C@H]2Oc1nc2nc(-c3ccc(C#CCCNc4ncccn4)cc3)c(Cl)cc2[nH]1. The van der Waals surface area contributed by atoms with Gasteiger partial charge in [-0.3, -0.25) is 0 Å². The van der Waals surface area contributed by atoms with E-state index in [1.807, 2.05) is 24.3 Å². The quantitative estimate of drug-likeness (QED) is 0.261. The number of pyridine rings is 1. The van der Waals surface area contributed by atoms with E-state index < -0.39 is 6.10 Å². The maximum absolute atomic E-state index is 9.92. The normalized spacial score (nSPS) is 22.4. The maximum atomic E-state index is 9.92. The van der Waals surface area contributed by atoms with Gasteiger partial charge in [0.05, 0.1) is 29.4 Å². The number of fused-ring (bicyclic) bond motifs is 2. The van der Waals surface area contributed by atoms with E-state index in [0.717, 1.165) is 11.1 Å². The van der Waals surface area contributed by atoms with E-state index in [-0.39, 0.29) is 24.9 Å². The minimum atomic E-state index is -0.638. The Morgan fingerprint density at radius 3 is 2.76 bits per heavy atom. The molecule has 2 saturated heterocycles. The minimum Gasteiger partial charge on any atom is -0.456 e. The van der Waals surface area contributed by atoms with Gasteiger partial charge >= 0.3 is 0 Å². The van der Waals surface area contributed by atoms with Gasteiger partial charge < -0.3 is 29.6 Å². The summed E-state index contributed by atoms with van der Waals surface area (Å²) in [6, 6.07) is 11.6. The highest BCUT2D eigenvalue weighted by molar-refractivity contribution is 6.33. The Morgan fingerprint density at radius 2 is 1.92 bits per heavy atom. The first-order valence-electron chi connectivity index (χ1n) is 11.9. The fraction of sp³-hybridized carbons (Fsp3) is 0.308. The predicted molar refractivity (Wildman–Crippen MR) is 136 cm³/mol. The first-order chi connectivity index (χ1) is 18.1. The van der Waals surface area contributed by atoms with Crippen molar-refractivity contribution in [1.82, 2.24) is 24.9 Å². The van der Waals surface area contributed by atoms with Crippen molar-refractivity contribution in [3.8, 4) is 29.1 Å². The Morgan fingerprint density at radius 1 is 1.11 bits per heavy atom. The lowest BCUT2D eigenvalue weighted by atomic mass is 10.1. The molecule has 2 fully saturated rings. The molecule has 5 heterocycles. The van der Waals surface area contributed by atoms with Gasteiger partial charge in [0.15, 0.2) is 11.8 Å². The van der Waals surface area contributed by atoms with Crippen LogP contribution in [0.15, 0.2) is 48.8 Å². The summed E-state index contributed by atoms with van der Waals surface area (Å²) in [6.45, 7) is 1.21. The topological polar surface area (TPSA) is 127 Å². The minimum absolute atomic E-state index is 0.237. The third kappa shape index (κ3) is 5.08. The average molecular weight is 519 g/mol. The molecule has 0 spiro atoms. The van der Waals surface area contributed by atoms with Crippen molar-refractivity contribution in [2.45, 2.75) is 30.8 Å². The van der Waals surface area contributed by atoms with Crippen LogP contribution in [0, 0.1) is 11.8 Å². The third-order valence-electron chi connectivity index (χ3n) is 6.14. The highest BCUT2D eigenvalue weighted by Crippen LogP contribution is 2.32. The van der Waals surface area contributed by atoms with Crippen molar-refractivity contribution in [2.75, 3.05) is 25.1 Å². The second-order valence-corrected chi connectivity index (χ2v) is 9.09. The number of ether oxygens (including phenoxy) is 3. The molecule has 188 valence electrons. The maximum Gasteiger partial charge on any atom is 0.296 e. The molecule has 0 radical (unpaired) electrons. The first-order valence-corrected chi connectivity index (χ1v) is 12.3. The van der Waals surface area contributed by atoms with Gasteiger partial charge in [0, 0.05) is 36.5 Å². The molecule has 2 aliphatic rings. The molecule has 0 unspecified atom stereocenters. The number of rotatable bonds is 6. The molecule has 11 heteroatoms. The van der Waals surface area contributed by atoms with Crippen LogP contribution in [0.2, 0.25) is 5.02 Å². The second-order valence-electron chi connectivity index (χ2n) is 8.68. The van der Waals surface area contributed by atoms with Crippen LogP contribution in [0.5, 0.6) is 6.01 Å². The van der Waals surface area contributed by atoms with Crippen molar-refractivity contribution in [3.05, 3.63) is 59.4 Å². The van der Waals surface area contributed by atoms with E-state index in [1.54, 1.807) is 24.5 Å². The molecular formula is C26H23ClN6O4. The number of benzene rings is 1. The Kier molecular flexibility index (Phi) is 6.59. The van der Waals surface area contributed by atoms with E-state index >= 15 is 0 Å². The molecule has 0 saturated carbocycles. The number of imidazole rings is 1. The summed E-state index contributed by atoms with van der Waals surface area (Å²) >= 11 is 6.55. The molecule has 1 aromatic carbocycles. The van der Waals surface area contributed by atoms with Crippen LogP contribution in [0.25, 0.3) is 22.4 Å². The summed E-state index contributed by atoms with van der Waals surface area (Å²) in [5.41, 5.74) is 3.50. The summed E-state index contributed by atoms with van der Waals surface area (Å²) < 4.78 is 17.2. The van der Waals surface area contributed by atoms with Crippen LogP contribution in [-0.2, 0) is 9.47 Å². The number of aliphatic hydroxyl groups is 1. The van der Waals surface area contributed by atoms with Gasteiger partial charge in [0.25, 0.3) is 6.01 Å². The van der Waals surface area contributed by atoms with E-state index in [0.29, 0.717) is 53.4 Å². The number of nitrogens with one attached hydrogen (secondary N) is 2. The van der Waals surface area contributed by atoms with Crippen LogP contribution < -0.4 is 10.1 Å². The van der Waals surface area contributed by atoms with Gasteiger partial charge in [-0.05, 0) is 24.3 Å². The monoisotopic (exact) mass is 518 g/mol. The number of hydrogen-bond donors (Lipinski definition) is 3. The molecule has 6 rings (SSSR count). The van der Waals surface area contributed by atoms with E-state index in [9.17, 15) is 5.11 Å². The Labute approximate surface area is 217 Å². The van der Waals surface area contributed by atoms with Gasteiger partial charge in [-0.15, -0.1) is 0 Å². The molecule has 37 heavy (non-hydrogen) atoms. The molecular weight excluding hydrogens is 496 g/mol. The third-order valence-corrected chi connectivity index (χ3v) is 6.43. The zero-order valence-electron chi connectivity index (χ0n) is 19.6. The average Bonchev–Trinajstić information content (AvgIpc) is 3.61. The van der Waals surface area contributed by atoms with Gasteiger partial charge in [-0.25, -0.2) is 15.0 Å². The fourth-order valence-corrected chi connectivity index (χ4v) is 4.61. The Balaban J connectivity index is 1.11. The summed E-state index contributed by atoms with van der Waals surface area (Å²) in [5.74, 6) is 6.89. The molecule has 3 N–H and O–H groups in total. The number of nitrogens with zero attached hydrogens (tertiary/aromatic N) is 4. The highest BCUT2D eigenvalue weighted by Gasteiger charge is 2.48. The summed E-state index contributed by atoms with van der Waals surface area (Å²) in [6.07, 6.45) is 2.34. The lowest BCUT2D eigenvalue weighted by Crippen LogP contribution is -2.34. The van der Waals surface area contributed by atoms with E-state index in [1.165, 1.54) is 0 Å². The molecule has 0 aliphatic carbocycles. The number of hydrogen-bond acceptors (Lipinski definition) is 9. The fourth-order valence-electron chi connectivity index (χ4n) is 4.35. The van der Waals surface area contributed by atoms with E-state index in [2.05, 4.69) is 42.1 Å². The number of halogens is 1. The van der Waals surface area contributed by atoms with Crippen LogP contribution in [-0.4, -0.2) is 74.2 Å². The second kappa shape index (κ2) is 10.3. The first kappa shape index (κ1) is 23.6. The largest absolute Gasteiger partial charge is 0.456 e. The van der Waals surface area contributed by atoms with Crippen molar-refractivity contribution in [1.29, 1.82) is 0 Å². The number of H-pyrrole nitrogens is 1. The summed E-state index contributed by atoms with van der Waals surface area (Å²) in [7, 11) is 0. The lowest BCUT2D eigenvalue weighted by molar-refractivity contribution is 0.00706. The number of aliphatic hydroxyl groups excluding tert-OH is 1. The van der Waals surface area contributed by atoms with Crippen LogP contribution in [0.3, 0.4) is 0 Å². The smallest absolute Gasteiger partial charge is 0.296 e. The van der Waals surface area contributed by atoms with Gasteiger partial charge in [0.2, 0.25) is 5.95 Å². The molecule has 4 aromatic rings. The molecule has 4 atom stereocenters. The predicted octanol–water partition coefficient (Wildman–Crippen LogP) is 2.83. The van der Waals surface area contributed by atoms with Gasteiger partial charge in [-0.1, -0.05) is 35.6 Å². The summed E-state index contributed by atoms with van der Waals surface area (Å²) in [4.78, 5) is 20.5. The standard InChI is InChI=1S/C26H23ClN6O4/c27-17-12-18-24(33-26(31-18)37-20-14-36-22-19(34)13-35-23(20)22)32-21(17)16-7-5-15(6-8-16)4-1-2-9-28-25-29-10-3-11-30-25/h3,5-8,10-12,19-20,22-23,34H,2,9,13-14H2,(H,28,29,30)(H,31,32,33)/t19-,20-,22-,23-/m1/s1. The molecule has 2 aliphatic heterocycles. The molecule has 0 amide bonds. The number of aromatic nitrogens is 5. The van der Waals surface area contributed by atoms with Crippen molar-refractivity contribution in [3.63, 3.8) is 0 Å². The molecule has 0 bridgehead atoms. The van der Waals surface area contributed by atoms with Crippen molar-refractivity contribution >= 4 is 28.7 Å². The highest BCUT2D eigenvalue weighted by atomic mass is 35.5. The number of anilines is 1. The summed E-state index contributed by atoms with van der Waals surface area (Å²) in [5, 5.41) is 13.5. The van der Waals surface area contributed by atoms with Crippen molar-refractivity contribution < 1.29 is 19.3 Å². The number of aromatic amines is 1. The lowest BCUT2D eigenvalue weighted by Gasteiger charge is -2.15. The Hall–Kier alpha value is -3.75. The van der Waals surface area contributed by atoms with Crippen LogP contribution in [0.4, 0.5) is 5.95 Å². The van der Waals surface area contributed by atoms with Crippen LogP contribution >= 0.6 is 11.6 Å². The van der Waals surface area contributed by atoms with Crippen molar-refractivity contribution in [2.24, 2.45) is 0 Å². The van der Waals surface area contributed by atoms with Gasteiger partial charge in [0.1, 0.15) is 18.3 Å². The molecule has 3 aromatic heterocycles. The van der Waals surface area contributed by atoms with Gasteiger partial charge in [-0.2, -0.15) is 4.98 Å². The zero-order valence-corrected chi connectivity index (χ0v) is 20.4. The Bertz CT molecular complexity index is 1450. The zero-order chi connectivity index (χ0) is 25.2.